The molecule has 0 N–H and O–H groups in total. The van der Waals surface area contributed by atoms with Crippen molar-refractivity contribution in [2.75, 3.05) is 6.61 Å². The summed E-state index contributed by atoms with van der Waals surface area (Å²) in [4.78, 5) is 21.4. The number of ether oxygens (including phenoxy) is 1. The number of hydrogen-bond donors (Lipinski definition) is 0. The van der Waals surface area contributed by atoms with Gasteiger partial charge in [-0.1, -0.05) is 19.1 Å². The van der Waals surface area contributed by atoms with E-state index in [1.165, 1.54) is 6.07 Å². The first kappa shape index (κ1) is 12.2. The van der Waals surface area contributed by atoms with Crippen LogP contribution in [0.4, 0.5) is 5.69 Å². The van der Waals surface area contributed by atoms with Gasteiger partial charge in [0.15, 0.2) is 11.5 Å². The van der Waals surface area contributed by atoms with E-state index in [2.05, 4.69) is 0 Å². The summed E-state index contributed by atoms with van der Waals surface area (Å²) in [5.74, 6) is 0.0580. The molecule has 0 saturated carbocycles. The minimum absolute atomic E-state index is 0.0774. The molecule has 86 valence electrons. The van der Waals surface area contributed by atoms with Gasteiger partial charge in [0.05, 0.1) is 4.92 Å². The fraction of sp³-hybridized carbons (Fsp3) is 0.364. The Morgan fingerprint density at radius 3 is 2.75 bits per heavy atom. The number of carbonyl (C=O) groups excluding carboxylic acids is 1. The van der Waals surface area contributed by atoms with E-state index in [1.807, 2.05) is 0 Å². The molecular formula is C11H13NO4. The van der Waals surface area contributed by atoms with Crippen LogP contribution in [0.15, 0.2) is 18.2 Å². The molecule has 1 rings (SSSR count). The second kappa shape index (κ2) is 5.25. The van der Waals surface area contributed by atoms with Crippen LogP contribution in [0.1, 0.15) is 18.9 Å². The zero-order valence-corrected chi connectivity index (χ0v) is 9.23. The number of Topliss-reactive ketones (excluding diaryl/α,β-unsaturated/α-hetero) is 1. The van der Waals surface area contributed by atoms with E-state index in [-0.39, 0.29) is 23.8 Å². The van der Waals surface area contributed by atoms with Crippen LogP contribution >= 0.6 is 0 Å². The van der Waals surface area contributed by atoms with Gasteiger partial charge in [-0.25, -0.2) is 0 Å². The molecule has 0 heterocycles. The van der Waals surface area contributed by atoms with Crippen molar-refractivity contribution >= 4 is 11.5 Å². The van der Waals surface area contributed by atoms with Gasteiger partial charge < -0.3 is 4.74 Å². The topological polar surface area (TPSA) is 69.4 Å². The monoisotopic (exact) mass is 223 g/mol. The third-order valence-corrected chi connectivity index (χ3v) is 2.17. The van der Waals surface area contributed by atoms with E-state index >= 15 is 0 Å². The maximum Gasteiger partial charge on any atom is 0.313 e. The van der Waals surface area contributed by atoms with Gasteiger partial charge in [0.2, 0.25) is 0 Å². The highest BCUT2D eigenvalue weighted by molar-refractivity contribution is 5.79. The number of nitro groups is 1. The number of aryl methyl sites for hydroxylation is 1. The maximum atomic E-state index is 11.1. The Kier molecular flexibility index (Phi) is 3.99. The van der Waals surface area contributed by atoms with Crippen molar-refractivity contribution < 1.29 is 14.5 Å². The standard InChI is InChI=1S/C11H13NO4/c1-3-9(13)7-16-10-6-4-5-8(2)11(10)12(14)15/h4-6H,3,7H2,1-2H3. The first-order valence-electron chi connectivity index (χ1n) is 4.94. The second-order valence-corrected chi connectivity index (χ2v) is 3.36. The summed E-state index contributed by atoms with van der Waals surface area (Å²) in [6, 6.07) is 4.79. The van der Waals surface area contributed by atoms with Crippen LogP contribution in [0.2, 0.25) is 0 Å². The van der Waals surface area contributed by atoms with Crippen molar-refractivity contribution in [3.05, 3.63) is 33.9 Å². The van der Waals surface area contributed by atoms with E-state index in [0.29, 0.717) is 12.0 Å². The quantitative estimate of drug-likeness (QED) is 0.567. The van der Waals surface area contributed by atoms with Gasteiger partial charge in [-0.15, -0.1) is 0 Å². The van der Waals surface area contributed by atoms with Crippen LogP contribution in [0, 0.1) is 17.0 Å². The number of nitro benzene ring substituents is 1. The number of benzene rings is 1. The number of nitrogens with zero attached hydrogens (tertiary/aromatic N) is 1. The van der Waals surface area contributed by atoms with Crippen molar-refractivity contribution in [1.29, 1.82) is 0 Å². The number of hydrogen-bond acceptors (Lipinski definition) is 4. The smallest absolute Gasteiger partial charge is 0.313 e. The number of para-hydroxylation sites is 1. The van der Waals surface area contributed by atoms with Crippen molar-refractivity contribution in [3.63, 3.8) is 0 Å². The molecule has 5 nitrogen and oxygen atoms in total. The molecule has 1 aromatic carbocycles. The van der Waals surface area contributed by atoms with Crippen molar-refractivity contribution in [2.45, 2.75) is 20.3 Å². The third-order valence-electron chi connectivity index (χ3n) is 2.17. The van der Waals surface area contributed by atoms with E-state index in [9.17, 15) is 14.9 Å². The summed E-state index contributed by atoms with van der Waals surface area (Å²) in [5.41, 5.74) is 0.442. The Balaban J connectivity index is 2.91. The zero-order valence-electron chi connectivity index (χ0n) is 9.23. The Labute approximate surface area is 93.2 Å². The van der Waals surface area contributed by atoms with Gasteiger partial charge in [0.25, 0.3) is 0 Å². The molecule has 0 aliphatic carbocycles. The Hall–Kier alpha value is -1.91. The first-order valence-corrected chi connectivity index (χ1v) is 4.94. The summed E-state index contributed by atoms with van der Waals surface area (Å²) in [6.07, 6.45) is 0.361. The second-order valence-electron chi connectivity index (χ2n) is 3.36. The highest BCUT2D eigenvalue weighted by Gasteiger charge is 2.18. The lowest BCUT2D eigenvalue weighted by atomic mass is 10.2. The molecule has 0 radical (unpaired) electrons. The molecule has 0 fully saturated rings. The average molecular weight is 223 g/mol. The van der Waals surface area contributed by atoms with E-state index in [4.69, 9.17) is 4.74 Å². The van der Waals surface area contributed by atoms with Crippen LogP contribution in [0.3, 0.4) is 0 Å². The lowest BCUT2D eigenvalue weighted by molar-refractivity contribution is -0.386. The predicted octanol–water partition coefficient (Wildman–Crippen LogP) is 2.26. The van der Waals surface area contributed by atoms with Crippen LogP contribution in [0.5, 0.6) is 5.75 Å². The normalized spacial score (nSPS) is 9.88. The third kappa shape index (κ3) is 2.79. The highest BCUT2D eigenvalue weighted by atomic mass is 16.6. The molecule has 0 atom stereocenters. The van der Waals surface area contributed by atoms with Crippen LogP contribution in [-0.4, -0.2) is 17.3 Å². The number of rotatable bonds is 5. The van der Waals surface area contributed by atoms with Crippen LogP contribution in [-0.2, 0) is 4.79 Å². The van der Waals surface area contributed by atoms with E-state index < -0.39 is 4.92 Å². The van der Waals surface area contributed by atoms with Crippen LogP contribution in [0.25, 0.3) is 0 Å². The van der Waals surface area contributed by atoms with Crippen molar-refractivity contribution in [3.8, 4) is 5.75 Å². The van der Waals surface area contributed by atoms with E-state index in [0.717, 1.165) is 0 Å². The molecule has 0 spiro atoms. The molecule has 5 heteroatoms. The number of carbonyl (C=O) groups is 1. The number of ketones is 1. The maximum absolute atomic E-state index is 11.1. The predicted molar refractivity (Wildman–Crippen MR) is 58.6 cm³/mol. The average Bonchev–Trinajstić information content (AvgIpc) is 2.25. The van der Waals surface area contributed by atoms with Gasteiger partial charge in [0, 0.05) is 12.0 Å². The van der Waals surface area contributed by atoms with Gasteiger partial charge in [0.1, 0.15) is 6.61 Å². The Morgan fingerprint density at radius 2 is 2.19 bits per heavy atom. The summed E-state index contributed by atoms with van der Waals surface area (Å²) >= 11 is 0. The SMILES string of the molecule is CCC(=O)COc1cccc(C)c1[N+](=O)[O-]. The lowest BCUT2D eigenvalue weighted by Crippen LogP contribution is -2.10. The molecule has 0 aliphatic rings. The molecule has 0 bridgehead atoms. The zero-order chi connectivity index (χ0) is 12.1. The summed E-state index contributed by atoms with van der Waals surface area (Å²) in [7, 11) is 0. The molecule has 0 aromatic heterocycles. The molecule has 0 unspecified atom stereocenters. The van der Waals surface area contributed by atoms with Gasteiger partial charge in [-0.05, 0) is 13.0 Å². The molecule has 1 aromatic rings. The largest absolute Gasteiger partial charge is 0.479 e. The van der Waals surface area contributed by atoms with Gasteiger partial charge in [-0.3, -0.25) is 14.9 Å². The Morgan fingerprint density at radius 1 is 1.50 bits per heavy atom. The van der Waals surface area contributed by atoms with Crippen molar-refractivity contribution in [2.24, 2.45) is 0 Å². The molecule has 0 saturated heterocycles. The van der Waals surface area contributed by atoms with Crippen molar-refractivity contribution in [1.82, 2.24) is 0 Å². The van der Waals surface area contributed by atoms with Gasteiger partial charge in [-0.2, -0.15) is 0 Å². The fourth-order valence-electron chi connectivity index (χ4n) is 1.24. The molecular weight excluding hydrogens is 210 g/mol. The van der Waals surface area contributed by atoms with Crippen LogP contribution < -0.4 is 4.74 Å². The molecule has 16 heavy (non-hydrogen) atoms. The first-order chi connectivity index (χ1) is 7.56. The highest BCUT2D eigenvalue weighted by Crippen LogP contribution is 2.29. The minimum Gasteiger partial charge on any atom is -0.479 e. The lowest BCUT2D eigenvalue weighted by Gasteiger charge is -2.06. The minimum atomic E-state index is -0.499. The summed E-state index contributed by atoms with van der Waals surface area (Å²) < 4.78 is 5.14. The molecule has 0 amide bonds. The fourth-order valence-corrected chi connectivity index (χ4v) is 1.24. The van der Waals surface area contributed by atoms with E-state index in [1.54, 1.807) is 26.0 Å². The summed E-state index contributed by atoms with van der Waals surface area (Å²) in [6.45, 7) is 3.23. The Bertz CT molecular complexity index is 414. The van der Waals surface area contributed by atoms with Gasteiger partial charge >= 0.3 is 5.69 Å². The summed E-state index contributed by atoms with van der Waals surface area (Å²) in [5, 5.41) is 10.8. The molecule has 0 aliphatic heterocycles.